The summed E-state index contributed by atoms with van der Waals surface area (Å²) in [6.07, 6.45) is 7.65. The molecule has 0 aliphatic heterocycles. The summed E-state index contributed by atoms with van der Waals surface area (Å²) in [5, 5.41) is 4.54. The first-order chi connectivity index (χ1) is 17.0. The quantitative estimate of drug-likeness (QED) is 0.286. The Balaban J connectivity index is 1.60. The molecule has 0 saturated heterocycles. The number of fused-ring (bicyclic) bond motifs is 1. The number of hydrogen-bond acceptors (Lipinski definition) is 5. The Bertz CT molecular complexity index is 1520. The highest BCUT2D eigenvalue weighted by Crippen LogP contribution is 2.35. The monoisotopic (exact) mass is 465 g/mol. The van der Waals surface area contributed by atoms with E-state index < -0.39 is 5.82 Å². The normalized spacial score (nSPS) is 10.9. The minimum Gasteiger partial charge on any atom is -0.497 e. The minimum atomic E-state index is -0.425. The predicted molar refractivity (Wildman–Crippen MR) is 137 cm³/mol. The fourth-order valence-corrected chi connectivity index (χ4v) is 4.03. The molecule has 5 aromatic rings. The van der Waals surface area contributed by atoms with Crippen molar-refractivity contribution in [2.75, 3.05) is 12.4 Å². The second kappa shape index (κ2) is 9.38. The molecule has 1 aromatic carbocycles. The molecule has 0 amide bonds. The largest absolute Gasteiger partial charge is 0.497 e. The molecule has 0 fully saturated rings. The molecular weight excluding hydrogens is 441 g/mol. The molecule has 0 unspecified atom stereocenters. The van der Waals surface area contributed by atoms with Gasteiger partial charge < -0.3 is 15.0 Å². The number of benzene rings is 1. The van der Waals surface area contributed by atoms with Gasteiger partial charge in [0.1, 0.15) is 17.1 Å². The zero-order valence-electron chi connectivity index (χ0n) is 19.5. The summed E-state index contributed by atoms with van der Waals surface area (Å²) in [6, 6.07) is 14.7. The van der Waals surface area contributed by atoms with Gasteiger partial charge in [-0.2, -0.15) is 0 Å². The van der Waals surface area contributed by atoms with Gasteiger partial charge in [0.05, 0.1) is 18.5 Å². The minimum absolute atomic E-state index is 0.198. The summed E-state index contributed by atoms with van der Waals surface area (Å²) in [5.74, 6) is 0.384. The molecular formula is C28H24FN5O. The van der Waals surface area contributed by atoms with Crippen LogP contribution in [0, 0.1) is 5.82 Å². The van der Waals surface area contributed by atoms with E-state index in [1.54, 1.807) is 25.6 Å². The van der Waals surface area contributed by atoms with Gasteiger partial charge in [-0.3, -0.25) is 9.97 Å². The van der Waals surface area contributed by atoms with Crippen molar-refractivity contribution in [2.24, 2.45) is 0 Å². The number of anilines is 2. The van der Waals surface area contributed by atoms with Gasteiger partial charge in [0.2, 0.25) is 0 Å². The zero-order chi connectivity index (χ0) is 24.4. The highest BCUT2D eigenvalue weighted by atomic mass is 19.1. The third kappa shape index (κ3) is 4.48. The molecule has 0 bridgehead atoms. The third-order valence-electron chi connectivity index (χ3n) is 5.84. The van der Waals surface area contributed by atoms with E-state index in [0.717, 1.165) is 50.4 Å². The fraction of sp³-hybridized carbons (Fsp3) is 0.107. The van der Waals surface area contributed by atoms with E-state index in [-0.39, 0.29) is 5.69 Å². The Kier molecular flexibility index (Phi) is 5.97. The van der Waals surface area contributed by atoms with Crippen LogP contribution in [0.3, 0.4) is 0 Å². The fourth-order valence-electron chi connectivity index (χ4n) is 4.03. The van der Waals surface area contributed by atoms with Gasteiger partial charge in [-0.1, -0.05) is 18.7 Å². The van der Waals surface area contributed by atoms with E-state index in [2.05, 4.69) is 31.8 Å². The zero-order valence-corrected chi connectivity index (χ0v) is 19.5. The molecule has 174 valence electrons. The highest BCUT2D eigenvalue weighted by Gasteiger charge is 2.16. The first kappa shape index (κ1) is 22.3. The van der Waals surface area contributed by atoms with Crippen molar-refractivity contribution in [2.45, 2.75) is 13.3 Å². The Morgan fingerprint density at radius 3 is 2.66 bits per heavy atom. The molecule has 6 nitrogen and oxygen atoms in total. The average molecular weight is 466 g/mol. The van der Waals surface area contributed by atoms with E-state index >= 15 is 0 Å². The summed E-state index contributed by atoms with van der Waals surface area (Å²) in [7, 11) is 1.65. The number of hydrogen-bond donors (Lipinski definition) is 2. The van der Waals surface area contributed by atoms with Crippen LogP contribution in [-0.4, -0.2) is 27.0 Å². The molecule has 35 heavy (non-hydrogen) atoms. The molecule has 0 saturated carbocycles. The molecule has 4 aromatic heterocycles. The van der Waals surface area contributed by atoms with E-state index in [0.29, 0.717) is 12.1 Å². The number of rotatable bonds is 7. The first-order valence-corrected chi connectivity index (χ1v) is 11.1. The molecule has 0 radical (unpaired) electrons. The number of methoxy groups -OCH3 is 1. The number of pyridine rings is 3. The Morgan fingerprint density at radius 1 is 1.09 bits per heavy atom. The van der Waals surface area contributed by atoms with E-state index in [4.69, 9.17) is 4.74 Å². The van der Waals surface area contributed by atoms with Crippen molar-refractivity contribution in [1.82, 2.24) is 19.9 Å². The van der Waals surface area contributed by atoms with Gasteiger partial charge in [-0.05, 0) is 60.0 Å². The van der Waals surface area contributed by atoms with Crippen molar-refractivity contribution < 1.29 is 9.13 Å². The van der Waals surface area contributed by atoms with E-state index in [1.807, 2.05) is 55.7 Å². The SMILES string of the molecule is C=C(C)c1cnc(-c2ncccc2F)cc1Nc1c(Cc2ccc(OC)cc2)cnc2[nH]ccc12. The lowest BCUT2D eigenvalue weighted by Gasteiger charge is -2.17. The maximum atomic E-state index is 14.5. The van der Waals surface area contributed by atoms with E-state index in [9.17, 15) is 4.39 Å². The van der Waals surface area contributed by atoms with E-state index in [1.165, 1.54) is 6.07 Å². The van der Waals surface area contributed by atoms with Gasteiger partial charge in [-0.25, -0.2) is 9.37 Å². The van der Waals surface area contributed by atoms with Crippen LogP contribution in [0.2, 0.25) is 0 Å². The van der Waals surface area contributed by atoms with Crippen LogP contribution < -0.4 is 10.1 Å². The van der Waals surface area contributed by atoms with Gasteiger partial charge in [-0.15, -0.1) is 0 Å². The highest BCUT2D eigenvalue weighted by molar-refractivity contribution is 5.95. The van der Waals surface area contributed by atoms with Crippen LogP contribution >= 0.6 is 0 Å². The maximum Gasteiger partial charge on any atom is 0.151 e. The number of nitrogens with zero attached hydrogens (tertiary/aromatic N) is 3. The summed E-state index contributed by atoms with van der Waals surface area (Å²) in [5.41, 5.74) is 6.88. The molecule has 2 N–H and O–H groups in total. The topological polar surface area (TPSA) is 75.7 Å². The number of nitrogens with one attached hydrogen (secondary N) is 2. The van der Waals surface area contributed by atoms with Crippen molar-refractivity contribution in [3.63, 3.8) is 0 Å². The van der Waals surface area contributed by atoms with Crippen LogP contribution in [0.1, 0.15) is 23.6 Å². The third-order valence-corrected chi connectivity index (χ3v) is 5.84. The van der Waals surface area contributed by atoms with Crippen LogP contribution in [0.5, 0.6) is 5.75 Å². The van der Waals surface area contributed by atoms with Gasteiger partial charge in [0.25, 0.3) is 0 Å². The molecule has 7 heteroatoms. The number of aromatic nitrogens is 4. The Labute approximate surface area is 202 Å². The molecule has 5 rings (SSSR count). The molecule has 0 aliphatic rings. The van der Waals surface area contributed by atoms with Crippen molar-refractivity contribution >= 4 is 28.0 Å². The van der Waals surface area contributed by atoms with Crippen LogP contribution in [0.15, 0.2) is 79.9 Å². The van der Waals surface area contributed by atoms with Crippen molar-refractivity contribution in [3.8, 4) is 17.1 Å². The smallest absolute Gasteiger partial charge is 0.151 e. The second-order valence-corrected chi connectivity index (χ2v) is 8.28. The first-order valence-electron chi connectivity index (χ1n) is 11.1. The van der Waals surface area contributed by atoms with Gasteiger partial charge in [0.15, 0.2) is 5.82 Å². The number of allylic oxidation sites excluding steroid dienone is 1. The summed E-state index contributed by atoms with van der Waals surface area (Å²) < 4.78 is 19.7. The Hall–Kier alpha value is -4.52. The maximum absolute atomic E-state index is 14.5. The van der Waals surface area contributed by atoms with Crippen LogP contribution in [-0.2, 0) is 6.42 Å². The Morgan fingerprint density at radius 2 is 1.91 bits per heavy atom. The molecule has 0 spiro atoms. The number of ether oxygens (including phenoxy) is 1. The summed E-state index contributed by atoms with van der Waals surface area (Å²) in [6.45, 7) is 6.02. The summed E-state index contributed by atoms with van der Waals surface area (Å²) in [4.78, 5) is 16.4. The molecule has 0 atom stereocenters. The number of H-pyrrole nitrogens is 1. The molecule has 4 heterocycles. The van der Waals surface area contributed by atoms with Gasteiger partial charge in [0, 0.05) is 47.8 Å². The number of aromatic amines is 1. The van der Waals surface area contributed by atoms with Crippen molar-refractivity contribution in [1.29, 1.82) is 0 Å². The van der Waals surface area contributed by atoms with Crippen LogP contribution in [0.4, 0.5) is 15.8 Å². The van der Waals surface area contributed by atoms with Crippen LogP contribution in [0.25, 0.3) is 28.0 Å². The lowest BCUT2D eigenvalue weighted by Crippen LogP contribution is -2.03. The lowest BCUT2D eigenvalue weighted by molar-refractivity contribution is 0.414. The lowest BCUT2D eigenvalue weighted by atomic mass is 10.0. The second-order valence-electron chi connectivity index (χ2n) is 8.28. The van der Waals surface area contributed by atoms with Crippen molar-refractivity contribution in [3.05, 3.63) is 102 Å². The standard InChI is InChI=1S/C28H24FN5O/c1-17(2)22-16-32-25(27-23(29)5-4-11-30-27)14-24(22)34-26-19(15-33-28-21(26)10-12-31-28)13-18-6-8-20(35-3)9-7-18/h4-12,14-16H,1,13H2,2-3H3,(H2,31,32,33,34). The molecule has 0 aliphatic carbocycles. The average Bonchev–Trinajstić information content (AvgIpc) is 3.35. The number of halogens is 1. The predicted octanol–water partition coefficient (Wildman–Crippen LogP) is 6.54. The summed E-state index contributed by atoms with van der Waals surface area (Å²) >= 11 is 0. The van der Waals surface area contributed by atoms with Gasteiger partial charge >= 0.3 is 0 Å².